The Hall–Kier alpha value is -2.33. The van der Waals surface area contributed by atoms with Crippen LogP contribution < -0.4 is 5.32 Å². The van der Waals surface area contributed by atoms with Crippen LogP contribution in [-0.2, 0) is 20.4 Å². The van der Waals surface area contributed by atoms with Crippen molar-refractivity contribution < 1.29 is 14.7 Å². The molecule has 2 N–H and O–H groups in total. The van der Waals surface area contributed by atoms with Crippen LogP contribution in [0.1, 0.15) is 37.8 Å². The minimum absolute atomic E-state index is 0.0555. The van der Waals surface area contributed by atoms with Crippen molar-refractivity contribution in [3.05, 3.63) is 64.7 Å². The number of halogens is 1. The fourth-order valence-electron chi connectivity index (χ4n) is 2.90. The van der Waals surface area contributed by atoms with Gasteiger partial charge in [0.15, 0.2) is 0 Å². The fraction of sp³-hybridized carbons (Fsp3) is 0.300. The Morgan fingerprint density at radius 1 is 1.12 bits per heavy atom. The number of anilines is 1. The van der Waals surface area contributed by atoms with E-state index < -0.39 is 16.8 Å². The van der Waals surface area contributed by atoms with Crippen LogP contribution in [0.3, 0.4) is 0 Å². The SMILES string of the molecule is CC(C)(C(=O)O)c1ccc(NC(=O)C2(c3cccc(Cl)c3)CC2)cc1. The molecule has 1 aliphatic carbocycles. The predicted molar refractivity (Wildman–Crippen MR) is 98.1 cm³/mol. The molecule has 0 radical (unpaired) electrons. The van der Waals surface area contributed by atoms with Gasteiger partial charge in [0.1, 0.15) is 0 Å². The summed E-state index contributed by atoms with van der Waals surface area (Å²) < 4.78 is 0. The molecule has 5 heteroatoms. The standard InChI is InChI=1S/C20H20ClNO3/c1-19(2,18(24)25)13-6-8-16(9-7-13)22-17(23)20(10-11-20)14-4-3-5-15(21)12-14/h3-9,12H,10-11H2,1-2H3,(H,22,23)(H,24,25). The van der Waals surface area contributed by atoms with Crippen LogP contribution in [0.2, 0.25) is 5.02 Å². The van der Waals surface area contributed by atoms with Gasteiger partial charge in [-0.15, -0.1) is 0 Å². The lowest BCUT2D eigenvalue weighted by Crippen LogP contribution is -2.29. The quantitative estimate of drug-likeness (QED) is 0.834. The number of hydrogen-bond acceptors (Lipinski definition) is 2. The van der Waals surface area contributed by atoms with Gasteiger partial charge in [0, 0.05) is 10.7 Å². The Labute approximate surface area is 151 Å². The molecule has 0 aromatic heterocycles. The minimum Gasteiger partial charge on any atom is -0.481 e. The zero-order chi connectivity index (χ0) is 18.2. The van der Waals surface area contributed by atoms with Crippen LogP contribution in [0.5, 0.6) is 0 Å². The number of amides is 1. The summed E-state index contributed by atoms with van der Waals surface area (Å²) >= 11 is 6.05. The molecule has 2 aromatic carbocycles. The third kappa shape index (κ3) is 3.27. The molecule has 25 heavy (non-hydrogen) atoms. The molecular formula is C20H20ClNO3. The molecule has 0 spiro atoms. The Morgan fingerprint density at radius 2 is 1.76 bits per heavy atom. The lowest BCUT2D eigenvalue weighted by atomic mass is 9.85. The minimum atomic E-state index is -0.971. The Bertz CT molecular complexity index is 823. The van der Waals surface area contributed by atoms with E-state index in [1.165, 1.54) is 0 Å². The van der Waals surface area contributed by atoms with Crippen molar-refractivity contribution in [2.45, 2.75) is 37.5 Å². The Morgan fingerprint density at radius 3 is 2.28 bits per heavy atom. The molecule has 2 aromatic rings. The molecule has 0 saturated heterocycles. The molecule has 1 saturated carbocycles. The van der Waals surface area contributed by atoms with Gasteiger partial charge < -0.3 is 10.4 Å². The number of carboxylic acids is 1. The lowest BCUT2D eigenvalue weighted by Gasteiger charge is -2.20. The van der Waals surface area contributed by atoms with Crippen LogP contribution in [0.15, 0.2) is 48.5 Å². The summed E-state index contributed by atoms with van der Waals surface area (Å²) in [5.41, 5.74) is 0.795. The molecule has 1 fully saturated rings. The highest BCUT2D eigenvalue weighted by Crippen LogP contribution is 2.49. The average molecular weight is 358 g/mol. The normalized spacial score (nSPS) is 15.5. The third-order valence-electron chi connectivity index (χ3n) is 4.96. The highest BCUT2D eigenvalue weighted by Gasteiger charge is 2.51. The summed E-state index contributed by atoms with van der Waals surface area (Å²) in [7, 11) is 0. The number of benzene rings is 2. The summed E-state index contributed by atoms with van der Waals surface area (Å²) in [5.74, 6) is -0.942. The van der Waals surface area contributed by atoms with E-state index in [0.29, 0.717) is 16.3 Å². The Kier molecular flexibility index (Phi) is 4.33. The number of carboxylic acid groups (broad SMARTS) is 1. The van der Waals surface area contributed by atoms with Crippen molar-refractivity contribution in [2.24, 2.45) is 0 Å². The highest BCUT2D eigenvalue weighted by atomic mass is 35.5. The molecule has 0 atom stereocenters. The second-order valence-electron chi connectivity index (χ2n) is 7.05. The zero-order valence-corrected chi connectivity index (χ0v) is 14.9. The first-order valence-electron chi connectivity index (χ1n) is 8.17. The summed E-state index contributed by atoms with van der Waals surface area (Å²) in [4.78, 5) is 24.1. The van der Waals surface area contributed by atoms with Crippen molar-refractivity contribution in [2.75, 3.05) is 5.32 Å². The molecule has 1 amide bonds. The van der Waals surface area contributed by atoms with Crippen LogP contribution in [-0.4, -0.2) is 17.0 Å². The van der Waals surface area contributed by atoms with Gasteiger partial charge in [-0.3, -0.25) is 9.59 Å². The maximum absolute atomic E-state index is 12.8. The molecule has 3 rings (SSSR count). The Balaban J connectivity index is 1.77. The first kappa shape index (κ1) is 17.5. The van der Waals surface area contributed by atoms with Crippen LogP contribution in [0, 0.1) is 0 Å². The number of carbonyl (C=O) groups excluding carboxylic acids is 1. The van der Waals surface area contributed by atoms with E-state index in [1.807, 2.05) is 18.2 Å². The van der Waals surface area contributed by atoms with E-state index in [1.54, 1.807) is 44.2 Å². The van der Waals surface area contributed by atoms with Gasteiger partial charge in [0.25, 0.3) is 0 Å². The number of rotatable bonds is 5. The van der Waals surface area contributed by atoms with Gasteiger partial charge in [-0.1, -0.05) is 35.9 Å². The van der Waals surface area contributed by atoms with Crippen molar-refractivity contribution in [3.8, 4) is 0 Å². The smallest absolute Gasteiger partial charge is 0.313 e. The van der Waals surface area contributed by atoms with E-state index in [4.69, 9.17) is 11.6 Å². The number of aliphatic carboxylic acids is 1. The fourth-order valence-corrected chi connectivity index (χ4v) is 3.09. The summed E-state index contributed by atoms with van der Waals surface area (Å²) in [6.45, 7) is 3.31. The first-order chi connectivity index (χ1) is 11.8. The first-order valence-corrected chi connectivity index (χ1v) is 8.55. The maximum atomic E-state index is 12.8. The van der Waals surface area contributed by atoms with E-state index >= 15 is 0 Å². The molecular weight excluding hydrogens is 338 g/mol. The maximum Gasteiger partial charge on any atom is 0.313 e. The van der Waals surface area contributed by atoms with E-state index in [2.05, 4.69) is 5.32 Å². The third-order valence-corrected chi connectivity index (χ3v) is 5.20. The van der Waals surface area contributed by atoms with Crippen LogP contribution in [0.25, 0.3) is 0 Å². The van der Waals surface area contributed by atoms with E-state index in [9.17, 15) is 14.7 Å². The largest absolute Gasteiger partial charge is 0.481 e. The van der Waals surface area contributed by atoms with Crippen molar-refractivity contribution >= 4 is 29.2 Å². The van der Waals surface area contributed by atoms with Crippen molar-refractivity contribution in [1.82, 2.24) is 0 Å². The number of nitrogens with one attached hydrogen (secondary N) is 1. The zero-order valence-electron chi connectivity index (χ0n) is 14.2. The second-order valence-corrected chi connectivity index (χ2v) is 7.49. The molecule has 130 valence electrons. The monoisotopic (exact) mass is 357 g/mol. The van der Waals surface area contributed by atoms with Gasteiger partial charge >= 0.3 is 5.97 Å². The van der Waals surface area contributed by atoms with Crippen molar-refractivity contribution in [1.29, 1.82) is 0 Å². The summed E-state index contributed by atoms with van der Waals surface area (Å²) in [6, 6.07) is 14.4. The molecule has 0 aliphatic heterocycles. The van der Waals surface area contributed by atoms with Gasteiger partial charge in [0.05, 0.1) is 10.8 Å². The van der Waals surface area contributed by atoms with Gasteiger partial charge in [0.2, 0.25) is 5.91 Å². The molecule has 0 heterocycles. The average Bonchev–Trinajstić information content (AvgIpc) is 3.37. The molecule has 1 aliphatic rings. The van der Waals surface area contributed by atoms with E-state index in [0.717, 1.165) is 18.4 Å². The van der Waals surface area contributed by atoms with Crippen molar-refractivity contribution in [3.63, 3.8) is 0 Å². The van der Waals surface area contributed by atoms with Gasteiger partial charge in [-0.25, -0.2) is 0 Å². The van der Waals surface area contributed by atoms with Crippen LogP contribution in [0.4, 0.5) is 5.69 Å². The highest BCUT2D eigenvalue weighted by molar-refractivity contribution is 6.30. The molecule has 0 bridgehead atoms. The summed E-state index contributed by atoms with van der Waals surface area (Å²) in [5, 5.41) is 12.9. The topological polar surface area (TPSA) is 66.4 Å². The second kappa shape index (κ2) is 6.19. The number of carbonyl (C=O) groups is 2. The number of hydrogen-bond donors (Lipinski definition) is 2. The van der Waals surface area contributed by atoms with Gasteiger partial charge in [-0.2, -0.15) is 0 Å². The van der Waals surface area contributed by atoms with Crippen LogP contribution >= 0.6 is 11.6 Å². The predicted octanol–water partition coefficient (Wildman–Crippen LogP) is 4.37. The van der Waals surface area contributed by atoms with Gasteiger partial charge in [-0.05, 0) is 62.1 Å². The summed E-state index contributed by atoms with van der Waals surface area (Å²) in [6.07, 6.45) is 1.59. The van der Waals surface area contributed by atoms with E-state index in [-0.39, 0.29) is 5.91 Å². The molecule has 4 nitrogen and oxygen atoms in total. The molecule has 0 unspecified atom stereocenters. The lowest BCUT2D eigenvalue weighted by molar-refractivity contribution is -0.142.